The first-order chi connectivity index (χ1) is 14.5. The standard InChI is InChI=1S/C21H20N2O7/c24-20(13-30-21(25)14-3-6-16(7-4-14)23(26)27)22-9-1-2-17(22)15-5-8-18-19(12-15)29-11-10-28-18/h3-8,12,17H,1-2,9-11,13H2. The van der Waals surface area contributed by atoms with Crippen molar-refractivity contribution in [3.8, 4) is 11.5 Å². The Labute approximate surface area is 172 Å². The van der Waals surface area contributed by atoms with Crippen LogP contribution in [0.3, 0.4) is 0 Å². The number of hydrogen-bond acceptors (Lipinski definition) is 7. The fourth-order valence-corrected chi connectivity index (χ4v) is 3.69. The van der Waals surface area contributed by atoms with Gasteiger partial charge in [-0.1, -0.05) is 6.07 Å². The average Bonchev–Trinajstić information content (AvgIpc) is 3.27. The van der Waals surface area contributed by atoms with Crippen molar-refractivity contribution >= 4 is 17.6 Å². The zero-order chi connectivity index (χ0) is 21.1. The molecule has 2 aliphatic heterocycles. The second-order valence-corrected chi connectivity index (χ2v) is 7.03. The molecule has 1 amide bonds. The zero-order valence-electron chi connectivity index (χ0n) is 16.1. The lowest BCUT2D eigenvalue weighted by molar-refractivity contribution is -0.384. The molecule has 0 radical (unpaired) electrons. The highest BCUT2D eigenvalue weighted by molar-refractivity contribution is 5.91. The Balaban J connectivity index is 1.39. The van der Waals surface area contributed by atoms with E-state index in [1.54, 1.807) is 4.90 Å². The Bertz CT molecular complexity index is 974. The first-order valence-electron chi connectivity index (χ1n) is 9.63. The van der Waals surface area contributed by atoms with Crippen molar-refractivity contribution in [3.05, 3.63) is 63.7 Å². The van der Waals surface area contributed by atoms with E-state index in [2.05, 4.69) is 0 Å². The number of nitro benzene ring substituents is 1. The Kier molecular flexibility index (Phi) is 5.51. The van der Waals surface area contributed by atoms with Gasteiger partial charge in [0.05, 0.1) is 16.5 Å². The SMILES string of the molecule is O=C(OCC(=O)N1CCCC1c1ccc2c(c1)OCCO2)c1ccc([N+](=O)[O-])cc1. The van der Waals surface area contributed by atoms with Crippen LogP contribution in [0.5, 0.6) is 11.5 Å². The van der Waals surface area contributed by atoms with Crippen molar-refractivity contribution in [1.29, 1.82) is 0 Å². The maximum Gasteiger partial charge on any atom is 0.338 e. The van der Waals surface area contributed by atoms with Gasteiger partial charge in [-0.2, -0.15) is 0 Å². The fraction of sp³-hybridized carbons (Fsp3) is 0.333. The summed E-state index contributed by atoms with van der Waals surface area (Å²) in [6.45, 7) is 1.19. The summed E-state index contributed by atoms with van der Waals surface area (Å²) in [5.74, 6) is 0.372. The molecular formula is C21H20N2O7. The predicted octanol–water partition coefficient (Wildman–Crippen LogP) is 2.89. The topological polar surface area (TPSA) is 108 Å². The van der Waals surface area contributed by atoms with Crippen LogP contribution in [0.1, 0.15) is 34.8 Å². The van der Waals surface area contributed by atoms with E-state index in [0.29, 0.717) is 31.3 Å². The number of carbonyl (C=O) groups is 2. The van der Waals surface area contributed by atoms with Gasteiger partial charge in [-0.15, -0.1) is 0 Å². The van der Waals surface area contributed by atoms with Crippen LogP contribution >= 0.6 is 0 Å². The normalized spacial score (nSPS) is 17.5. The monoisotopic (exact) mass is 412 g/mol. The molecule has 0 N–H and O–H groups in total. The van der Waals surface area contributed by atoms with Crippen LogP contribution in [0.2, 0.25) is 0 Å². The van der Waals surface area contributed by atoms with Crippen molar-refractivity contribution in [2.75, 3.05) is 26.4 Å². The molecule has 0 spiro atoms. The van der Waals surface area contributed by atoms with Gasteiger partial charge in [0.2, 0.25) is 0 Å². The van der Waals surface area contributed by atoms with Crippen LogP contribution in [0.15, 0.2) is 42.5 Å². The maximum absolute atomic E-state index is 12.7. The van der Waals surface area contributed by atoms with Crippen LogP contribution in [-0.2, 0) is 9.53 Å². The number of esters is 1. The number of rotatable bonds is 5. The minimum Gasteiger partial charge on any atom is -0.486 e. The van der Waals surface area contributed by atoms with Gasteiger partial charge in [0.25, 0.3) is 11.6 Å². The van der Waals surface area contributed by atoms with Crippen molar-refractivity contribution in [3.63, 3.8) is 0 Å². The number of hydrogen-bond donors (Lipinski definition) is 0. The van der Waals surface area contributed by atoms with Gasteiger partial charge in [-0.25, -0.2) is 4.79 Å². The lowest BCUT2D eigenvalue weighted by Crippen LogP contribution is -2.34. The maximum atomic E-state index is 12.7. The first-order valence-corrected chi connectivity index (χ1v) is 9.63. The van der Waals surface area contributed by atoms with Crippen LogP contribution < -0.4 is 9.47 Å². The zero-order valence-corrected chi connectivity index (χ0v) is 16.1. The van der Waals surface area contributed by atoms with Crippen molar-refractivity contribution in [2.45, 2.75) is 18.9 Å². The minimum absolute atomic E-state index is 0.119. The van der Waals surface area contributed by atoms with Crippen LogP contribution in [0, 0.1) is 10.1 Å². The Morgan fingerprint density at radius 3 is 2.57 bits per heavy atom. The Hall–Kier alpha value is -3.62. The van der Waals surface area contributed by atoms with E-state index in [1.165, 1.54) is 24.3 Å². The van der Waals surface area contributed by atoms with Gasteiger partial charge in [0.1, 0.15) is 13.2 Å². The molecule has 4 rings (SSSR count). The first kappa shape index (κ1) is 19.7. The summed E-state index contributed by atoms with van der Waals surface area (Å²) in [5, 5.41) is 10.7. The van der Waals surface area contributed by atoms with E-state index < -0.39 is 17.5 Å². The van der Waals surface area contributed by atoms with Crippen molar-refractivity contribution < 1.29 is 28.7 Å². The number of amides is 1. The summed E-state index contributed by atoms with van der Waals surface area (Å²) in [4.78, 5) is 36.7. The molecule has 1 unspecified atom stereocenters. The van der Waals surface area contributed by atoms with Gasteiger partial charge in [0, 0.05) is 18.7 Å². The van der Waals surface area contributed by atoms with Gasteiger partial charge < -0.3 is 19.1 Å². The fourth-order valence-electron chi connectivity index (χ4n) is 3.69. The summed E-state index contributed by atoms with van der Waals surface area (Å²) < 4.78 is 16.3. The smallest absolute Gasteiger partial charge is 0.338 e. The van der Waals surface area contributed by atoms with Crippen LogP contribution in [0.25, 0.3) is 0 Å². The van der Waals surface area contributed by atoms with E-state index in [-0.39, 0.29) is 23.2 Å². The van der Waals surface area contributed by atoms with Gasteiger partial charge >= 0.3 is 5.97 Å². The molecule has 2 aliphatic rings. The molecule has 0 aromatic heterocycles. The summed E-state index contributed by atoms with van der Waals surface area (Å²) in [5.41, 5.74) is 0.979. The van der Waals surface area contributed by atoms with Crippen LogP contribution in [-0.4, -0.2) is 48.1 Å². The number of fused-ring (bicyclic) bond motifs is 1. The van der Waals surface area contributed by atoms with E-state index in [1.807, 2.05) is 18.2 Å². The summed E-state index contributed by atoms with van der Waals surface area (Å²) in [6.07, 6.45) is 1.66. The van der Waals surface area contributed by atoms with Crippen molar-refractivity contribution in [2.24, 2.45) is 0 Å². The largest absolute Gasteiger partial charge is 0.486 e. The lowest BCUT2D eigenvalue weighted by atomic mass is 10.0. The molecule has 0 bridgehead atoms. The minimum atomic E-state index is -0.701. The van der Waals surface area contributed by atoms with Gasteiger partial charge in [-0.05, 0) is 42.7 Å². The Morgan fingerprint density at radius 1 is 1.10 bits per heavy atom. The molecule has 1 saturated heterocycles. The van der Waals surface area contributed by atoms with E-state index in [9.17, 15) is 19.7 Å². The molecule has 0 aliphatic carbocycles. The molecule has 156 valence electrons. The number of ether oxygens (including phenoxy) is 3. The number of nitrogens with zero attached hydrogens (tertiary/aromatic N) is 2. The molecule has 1 fully saturated rings. The summed E-state index contributed by atoms with van der Waals surface area (Å²) >= 11 is 0. The molecule has 2 heterocycles. The second kappa shape index (κ2) is 8.40. The highest BCUT2D eigenvalue weighted by Gasteiger charge is 2.31. The Morgan fingerprint density at radius 2 is 1.83 bits per heavy atom. The highest BCUT2D eigenvalue weighted by Crippen LogP contribution is 2.38. The van der Waals surface area contributed by atoms with E-state index in [0.717, 1.165) is 18.4 Å². The summed E-state index contributed by atoms with van der Waals surface area (Å²) in [7, 11) is 0. The molecule has 2 aromatic carbocycles. The van der Waals surface area contributed by atoms with Gasteiger partial charge in [0.15, 0.2) is 18.1 Å². The van der Waals surface area contributed by atoms with Gasteiger partial charge in [-0.3, -0.25) is 14.9 Å². The van der Waals surface area contributed by atoms with Crippen LogP contribution in [0.4, 0.5) is 5.69 Å². The number of carbonyl (C=O) groups excluding carboxylic acids is 2. The third kappa shape index (κ3) is 4.05. The summed E-state index contributed by atoms with van der Waals surface area (Å²) in [6, 6.07) is 10.6. The molecule has 9 nitrogen and oxygen atoms in total. The van der Waals surface area contributed by atoms with E-state index >= 15 is 0 Å². The number of non-ortho nitro benzene ring substituents is 1. The number of nitro groups is 1. The predicted molar refractivity (Wildman–Crippen MR) is 104 cm³/mol. The average molecular weight is 412 g/mol. The van der Waals surface area contributed by atoms with E-state index in [4.69, 9.17) is 14.2 Å². The highest BCUT2D eigenvalue weighted by atomic mass is 16.6. The number of likely N-dealkylation sites (tertiary alicyclic amines) is 1. The number of benzene rings is 2. The van der Waals surface area contributed by atoms with Crippen molar-refractivity contribution in [1.82, 2.24) is 4.90 Å². The molecule has 1 atom stereocenters. The molecule has 2 aromatic rings. The molecular weight excluding hydrogens is 392 g/mol. The second-order valence-electron chi connectivity index (χ2n) is 7.03. The molecule has 30 heavy (non-hydrogen) atoms. The molecule has 0 saturated carbocycles. The third-order valence-electron chi connectivity index (χ3n) is 5.16. The molecule has 9 heteroatoms. The lowest BCUT2D eigenvalue weighted by Gasteiger charge is -2.26. The quantitative estimate of drug-likeness (QED) is 0.422. The third-order valence-corrected chi connectivity index (χ3v) is 5.16.